The molecule has 0 bridgehead atoms. The third-order valence-corrected chi connectivity index (χ3v) is 4.77. The molecule has 6 heteroatoms. The molecule has 1 saturated heterocycles. The molecule has 0 N–H and O–H groups in total. The summed E-state index contributed by atoms with van der Waals surface area (Å²) >= 11 is 4.35. The van der Waals surface area contributed by atoms with E-state index in [0.29, 0.717) is 49.7 Å². The van der Waals surface area contributed by atoms with Crippen LogP contribution in [0, 0.1) is 0 Å². The molecule has 3 rings (SSSR count). The quantitative estimate of drug-likeness (QED) is 0.824. The van der Waals surface area contributed by atoms with Crippen LogP contribution in [0.4, 0.5) is 0 Å². The van der Waals surface area contributed by atoms with Crippen molar-refractivity contribution in [3.63, 3.8) is 0 Å². The third-order valence-electron chi connectivity index (χ3n) is 4.38. The minimum atomic E-state index is -0.0323. The van der Waals surface area contributed by atoms with Gasteiger partial charge in [0, 0.05) is 31.1 Å². The number of benzene rings is 2. The van der Waals surface area contributed by atoms with Crippen molar-refractivity contribution >= 4 is 24.4 Å². The van der Waals surface area contributed by atoms with Crippen LogP contribution >= 0.6 is 12.6 Å². The molecule has 26 heavy (non-hydrogen) atoms. The number of carbonyl (C=O) groups is 2. The number of para-hydroxylation sites is 1. The fraction of sp³-hybridized carbons (Fsp3) is 0.300. The molecule has 0 atom stereocenters. The first-order valence-corrected chi connectivity index (χ1v) is 9.13. The average Bonchev–Trinajstić information content (AvgIpc) is 2.69. The average molecular weight is 370 g/mol. The van der Waals surface area contributed by atoms with Crippen LogP contribution in [0.1, 0.15) is 16.8 Å². The van der Waals surface area contributed by atoms with Crippen LogP contribution in [-0.2, 0) is 4.79 Å². The maximum absolute atomic E-state index is 12.6. The second kappa shape index (κ2) is 8.76. The Morgan fingerprint density at radius 1 is 0.885 bits per heavy atom. The highest BCUT2D eigenvalue weighted by atomic mass is 32.1. The molecule has 0 saturated carbocycles. The summed E-state index contributed by atoms with van der Waals surface area (Å²) in [6, 6.07) is 16.7. The number of thiol groups is 1. The van der Waals surface area contributed by atoms with Gasteiger partial charge in [0.1, 0.15) is 5.75 Å². The molecule has 0 unspecified atom stereocenters. The van der Waals surface area contributed by atoms with Crippen LogP contribution in [0.25, 0.3) is 0 Å². The van der Waals surface area contributed by atoms with Crippen molar-refractivity contribution < 1.29 is 14.3 Å². The first-order valence-electron chi connectivity index (χ1n) is 8.68. The smallest absolute Gasteiger partial charge is 0.255 e. The Morgan fingerprint density at radius 3 is 2.19 bits per heavy atom. The van der Waals surface area contributed by atoms with Crippen molar-refractivity contribution in [1.82, 2.24) is 9.80 Å². The lowest BCUT2D eigenvalue weighted by Gasteiger charge is -2.35. The third kappa shape index (κ3) is 4.58. The second-order valence-electron chi connectivity index (χ2n) is 6.10. The Morgan fingerprint density at radius 2 is 1.50 bits per heavy atom. The summed E-state index contributed by atoms with van der Waals surface area (Å²) in [6.07, 6.45) is 0.336. The van der Waals surface area contributed by atoms with E-state index in [-0.39, 0.29) is 11.8 Å². The molecule has 0 spiro atoms. The highest BCUT2D eigenvalue weighted by Crippen LogP contribution is 2.17. The summed E-state index contributed by atoms with van der Waals surface area (Å²) in [6.45, 7) is 2.52. The molecule has 5 nitrogen and oxygen atoms in total. The second-order valence-corrected chi connectivity index (χ2v) is 6.58. The lowest BCUT2D eigenvalue weighted by molar-refractivity contribution is -0.133. The zero-order chi connectivity index (χ0) is 18.4. The van der Waals surface area contributed by atoms with E-state index in [9.17, 15) is 9.59 Å². The van der Waals surface area contributed by atoms with Crippen molar-refractivity contribution in [2.45, 2.75) is 11.3 Å². The largest absolute Gasteiger partial charge is 0.493 e. The number of carbonyl (C=O) groups excluding carboxylic acids is 2. The predicted molar refractivity (Wildman–Crippen MR) is 103 cm³/mol. The lowest BCUT2D eigenvalue weighted by Crippen LogP contribution is -2.50. The van der Waals surface area contributed by atoms with Gasteiger partial charge in [-0.3, -0.25) is 9.59 Å². The van der Waals surface area contributed by atoms with Gasteiger partial charge in [0.05, 0.1) is 18.6 Å². The molecule has 0 aromatic heterocycles. The number of nitrogens with zero attached hydrogens (tertiary/aromatic N) is 2. The number of hydrogen-bond donors (Lipinski definition) is 1. The fourth-order valence-corrected chi connectivity index (χ4v) is 3.17. The zero-order valence-electron chi connectivity index (χ0n) is 14.5. The van der Waals surface area contributed by atoms with Gasteiger partial charge in [-0.25, -0.2) is 0 Å². The van der Waals surface area contributed by atoms with E-state index in [1.807, 2.05) is 48.5 Å². The predicted octanol–water partition coefficient (Wildman–Crippen LogP) is 2.73. The lowest BCUT2D eigenvalue weighted by atomic mass is 10.1. The summed E-state index contributed by atoms with van der Waals surface area (Å²) < 4.78 is 5.58. The first kappa shape index (κ1) is 18.3. The molecular formula is C20H22N2O3S. The van der Waals surface area contributed by atoms with Gasteiger partial charge < -0.3 is 14.5 Å². The number of rotatable bonds is 5. The van der Waals surface area contributed by atoms with Gasteiger partial charge in [-0.1, -0.05) is 30.3 Å². The number of piperazine rings is 1. The van der Waals surface area contributed by atoms with Crippen molar-refractivity contribution in [2.75, 3.05) is 32.8 Å². The maximum atomic E-state index is 12.6. The van der Waals surface area contributed by atoms with E-state index in [1.54, 1.807) is 15.9 Å². The Kier molecular flexibility index (Phi) is 6.17. The maximum Gasteiger partial charge on any atom is 0.255 e. The van der Waals surface area contributed by atoms with Crippen molar-refractivity contribution in [3.8, 4) is 5.75 Å². The Labute approximate surface area is 159 Å². The molecule has 1 heterocycles. The van der Waals surface area contributed by atoms with Crippen molar-refractivity contribution in [3.05, 3.63) is 60.2 Å². The van der Waals surface area contributed by atoms with E-state index in [2.05, 4.69) is 12.6 Å². The molecule has 0 radical (unpaired) electrons. The zero-order valence-corrected chi connectivity index (χ0v) is 15.4. The first-order chi connectivity index (χ1) is 12.6. The Hall–Kier alpha value is -2.47. The van der Waals surface area contributed by atoms with E-state index >= 15 is 0 Å². The van der Waals surface area contributed by atoms with Crippen LogP contribution in [0.15, 0.2) is 59.5 Å². The molecule has 2 amide bonds. The standard InChI is InChI=1S/C20H22N2O3S/c23-19(10-15-25-16-6-2-1-3-7-16)21-11-13-22(14-12-21)20(24)17-8-4-5-9-18(17)26/h1-9,26H,10-15H2. The molecule has 0 aliphatic carbocycles. The molecule has 2 aromatic rings. The summed E-state index contributed by atoms with van der Waals surface area (Å²) in [7, 11) is 0. The Balaban J connectivity index is 1.45. The molecular weight excluding hydrogens is 348 g/mol. The SMILES string of the molecule is O=C(CCOc1ccccc1)N1CCN(C(=O)c2ccccc2S)CC1. The van der Waals surface area contributed by atoms with Crippen LogP contribution in [0.2, 0.25) is 0 Å². The van der Waals surface area contributed by atoms with Crippen molar-refractivity contribution in [2.24, 2.45) is 0 Å². The van der Waals surface area contributed by atoms with E-state index in [0.717, 1.165) is 5.75 Å². The number of hydrogen-bond acceptors (Lipinski definition) is 4. The molecule has 136 valence electrons. The van der Waals surface area contributed by atoms with E-state index in [1.165, 1.54) is 0 Å². The van der Waals surface area contributed by atoms with Crippen molar-refractivity contribution in [1.29, 1.82) is 0 Å². The highest BCUT2D eigenvalue weighted by Gasteiger charge is 2.25. The van der Waals surface area contributed by atoms with Crippen LogP contribution in [-0.4, -0.2) is 54.4 Å². The number of ether oxygens (including phenoxy) is 1. The minimum Gasteiger partial charge on any atom is -0.493 e. The minimum absolute atomic E-state index is 0.0323. The van der Waals surface area contributed by atoms with Crippen LogP contribution in [0.5, 0.6) is 5.75 Å². The number of amides is 2. The van der Waals surface area contributed by atoms with Gasteiger partial charge in [-0.2, -0.15) is 0 Å². The molecule has 1 aliphatic rings. The molecule has 1 aliphatic heterocycles. The van der Waals surface area contributed by atoms with Gasteiger partial charge in [-0.05, 0) is 24.3 Å². The topological polar surface area (TPSA) is 49.9 Å². The van der Waals surface area contributed by atoms with Gasteiger partial charge in [-0.15, -0.1) is 12.6 Å². The fourth-order valence-electron chi connectivity index (χ4n) is 2.91. The highest BCUT2D eigenvalue weighted by molar-refractivity contribution is 7.80. The van der Waals surface area contributed by atoms with Crippen LogP contribution in [0.3, 0.4) is 0 Å². The molecule has 1 fully saturated rings. The van der Waals surface area contributed by atoms with Gasteiger partial charge in [0.2, 0.25) is 5.91 Å². The summed E-state index contributed by atoms with van der Waals surface area (Å²) in [5.74, 6) is 0.791. The van der Waals surface area contributed by atoms with Gasteiger partial charge >= 0.3 is 0 Å². The Bertz CT molecular complexity index is 759. The summed E-state index contributed by atoms with van der Waals surface area (Å²) in [5, 5.41) is 0. The summed E-state index contributed by atoms with van der Waals surface area (Å²) in [4.78, 5) is 29.1. The summed E-state index contributed by atoms with van der Waals surface area (Å²) in [5.41, 5.74) is 0.604. The van der Waals surface area contributed by atoms with Crippen LogP contribution < -0.4 is 4.74 Å². The normalized spacial score (nSPS) is 14.2. The van der Waals surface area contributed by atoms with E-state index in [4.69, 9.17) is 4.74 Å². The van der Waals surface area contributed by atoms with Gasteiger partial charge in [0.25, 0.3) is 5.91 Å². The molecule has 2 aromatic carbocycles. The van der Waals surface area contributed by atoms with E-state index < -0.39 is 0 Å². The monoisotopic (exact) mass is 370 g/mol. The van der Waals surface area contributed by atoms with Gasteiger partial charge in [0.15, 0.2) is 0 Å².